The molecule has 1 unspecified atom stereocenters. The van der Waals surface area contributed by atoms with Gasteiger partial charge in [0.1, 0.15) is 10.7 Å². The second-order valence-corrected chi connectivity index (χ2v) is 6.27. The van der Waals surface area contributed by atoms with Crippen LogP contribution < -0.4 is 10.5 Å². The van der Waals surface area contributed by atoms with Gasteiger partial charge in [0, 0.05) is 25.7 Å². The maximum Gasteiger partial charge on any atom is 0.129 e. The molecule has 0 radical (unpaired) electrons. The zero-order valence-electron chi connectivity index (χ0n) is 13.1. The van der Waals surface area contributed by atoms with E-state index in [4.69, 9.17) is 22.7 Å². The monoisotopic (exact) mass is 307 g/mol. The molecule has 116 valence electrons. The summed E-state index contributed by atoms with van der Waals surface area (Å²) in [6.45, 7) is 6.64. The van der Waals surface area contributed by atoms with Crippen LogP contribution in [0.3, 0.4) is 0 Å². The first kappa shape index (κ1) is 16.2. The van der Waals surface area contributed by atoms with Crippen LogP contribution in [-0.2, 0) is 6.54 Å². The minimum atomic E-state index is 0.378. The fourth-order valence-electron chi connectivity index (χ4n) is 2.93. The van der Waals surface area contributed by atoms with E-state index in [2.05, 4.69) is 35.9 Å². The van der Waals surface area contributed by atoms with Crippen LogP contribution in [0.1, 0.15) is 24.5 Å². The predicted octanol–water partition coefficient (Wildman–Crippen LogP) is 1.86. The van der Waals surface area contributed by atoms with Gasteiger partial charge in [-0.3, -0.25) is 4.90 Å². The molecule has 2 N–H and O–H groups in total. The Balaban J connectivity index is 2.13. The molecule has 1 aromatic carbocycles. The highest BCUT2D eigenvalue weighted by molar-refractivity contribution is 7.80. The summed E-state index contributed by atoms with van der Waals surface area (Å²) >= 11 is 5.05. The van der Waals surface area contributed by atoms with Gasteiger partial charge in [-0.25, -0.2) is 0 Å². The number of thiocarbonyl (C=S) groups is 1. The predicted molar refractivity (Wildman–Crippen MR) is 90.9 cm³/mol. The maximum atomic E-state index is 5.72. The fourth-order valence-corrected chi connectivity index (χ4v) is 3.10. The van der Waals surface area contributed by atoms with Crippen molar-refractivity contribution in [3.63, 3.8) is 0 Å². The molecule has 5 heteroatoms. The number of hydrogen-bond donors (Lipinski definition) is 1. The van der Waals surface area contributed by atoms with Gasteiger partial charge in [-0.2, -0.15) is 0 Å². The zero-order valence-corrected chi connectivity index (χ0v) is 13.9. The van der Waals surface area contributed by atoms with Crippen LogP contribution >= 0.6 is 12.2 Å². The summed E-state index contributed by atoms with van der Waals surface area (Å²) in [4.78, 5) is 5.31. The van der Waals surface area contributed by atoms with Crippen molar-refractivity contribution >= 4 is 17.2 Å². The van der Waals surface area contributed by atoms with E-state index >= 15 is 0 Å². The van der Waals surface area contributed by atoms with Gasteiger partial charge >= 0.3 is 0 Å². The van der Waals surface area contributed by atoms with Gasteiger partial charge in [0.2, 0.25) is 0 Å². The molecule has 1 aliphatic rings. The molecule has 0 aliphatic carbocycles. The van der Waals surface area contributed by atoms with E-state index in [1.807, 2.05) is 6.07 Å². The Labute approximate surface area is 132 Å². The van der Waals surface area contributed by atoms with E-state index in [1.165, 1.54) is 18.5 Å². The largest absolute Gasteiger partial charge is 0.496 e. The number of hydrogen-bond acceptors (Lipinski definition) is 4. The lowest BCUT2D eigenvalue weighted by Crippen LogP contribution is -2.37. The molecule has 1 fully saturated rings. The summed E-state index contributed by atoms with van der Waals surface area (Å²) in [5, 5.41) is 0. The van der Waals surface area contributed by atoms with E-state index in [0.717, 1.165) is 30.9 Å². The second-order valence-electron chi connectivity index (χ2n) is 5.83. The van der Waals surface area contributed by atoms with E-state index in [0.29, 0.717) is 11.0 Å². The first-order valence-electron chi connectivity index (χ1n) is 7.40. The van der Waals surface area contributed by atoms with Crippen molar-refractivity contribution in [2.24, 2.45) is 5.73 Å². The second kappa shape index (κ2) is 7.20. The normalized spacial score (nSPS) is 21.0. The standard InChI is InChI=1S/C16H25N3OS/c1-12-10-18(2)7-4-8-19(12)11-13-5-6-14(16(17)21)15(9-13)20-3/h5-6,9,12H,4,7-8,10-11H2,1-3H3,(H2,17,21). The van der Waals surface area contributed by atoms with Crippen molar-refractivity contribution in [3.05, 3.63) is 29.3 Å². The molecule has 0 bridgehead atoms. The topological polar surface area (TPSA) is 41.7 Å². The van der Waals surface area contributed by atoms with Crippen LogP contribution in [0.25, 0.3) is 0 Å². The van der Waals surface area contributed by atoms with Crippen molar-refractivity contribution in [1.82, 2.24) is 9.80 Å². The van der Waals surface area contributed by atoms with E-state index in [-0.39, 0.29) is 0 Å². The van der Waals surface area contributed by atoms with Gasteiger partial charge in [0.25, 0.3) is 0 Å². The Morgan fingerprint density at radius 1 is 1.43 bits per heavy atom. The van der Waals surface area contributed by atoms with Gasteiger partial charge in [0.15, 0.2) is 0 Å². The highest BCUT2D eigenvalue weighted by Gasteiger charge is 2.20. The number of nitrogens with two attached hydrogens (primary N) is 1. The summed E-state index contributed by atoms with van der Waals surface area (Å²) < 4.78 is 5.41. The molecule has 1 heterocycles. The van der Waals surface area contributed by atoms with Crippen LogP contribution in [0.5, 0.6) is 5.75 Å². The molecule has 2 rings (SSSR count). The molecule has 0 spiro atoms. The van der Waals surface area contributed by atoms with Crippen molar-refractivity contribution in [2.75, 3.05) is 33.8 Å². The maximum absolute atomic E-state index is 5.72. The summed E-state index contributed by atoms with van der Waals surface area (Å²) in [6, 6.07) is 6.66. The average Bonchev–Trinajstić information content (AvgIpc) is 2.60. The van der Waals surface area contributed by atoms with Crippen molar-refractivity contribution in [1.29, 1.82) is 0 Å². The molecule has 21 heavy (non-hydrogen) atoms. The third-order valence-electron chi connectivity index (χ3n) is 4.10. The number of ether oxygens (including phenoxy) is 1. The summed E-state index contributed by atoms with van der Waals surface area (Å²) in [5.74, 6) is 0.764. The lowest BCUT2D eigenvalue weighted by Gasteiger charge is -2.28. The Kier molecular flexibility index (Phi) is 5.56. The van der Waals surface area contributed by atoms with Crippen LogP contribution in [-0.4, -0.2) is 54.6 Å². The van der Waals surface area contributed by atoms with Gasteiger partial charge in [-0.15, -0.1) is 0 Å². The smallest absolute Gasteiger partial charge is 0.129 e. The Morgan fingerprint density at radius 2 is 2.19 bits per heavy atom. The van der Waals surface area contributed by atoms with Crippen LogP contribution in [0.15, 0.2) is 18.2 Å². The third-order valence-corrected chi connectivity index (χ3v) is 4.32. The summed E-state index contributed by atoms with van der Waals surface area (Å²) in [7, 11) is 3.85. The lowest BCUT2D eigenvalue weighted by atomic mass is 10.1. The third kappa shape index (κ3) is 4.15. The Morgan fingerprint density at radius 3 is 2.86 bits per heavy atom. The fraction of sp³-hybridized carbons (Fsp3) is 0.562. The lowest BCUT2D eigenvalue weighted by molar-refractivity contribution is 0.194. The van der Waals surface area contributed by atoms with E-state index in [9.17, 15) is 0 Å². The highest BCUT2D eigenvalue weighted by atomic mass is 32.1. The van der Waals surface area contributed by atoms with E-state index < -0.39 is 0 Å². The SMILES string of the molecule is COc1cc(CN2CCCN(C)CC2C)ccc1C(N)=S. The van der Waals surface area contributed by atoms with Crippen LogP contribution in [0.4, 0.5) is 0 Å². The first-order chi connectivity index (χ1) is 10.0. The molecule has 1 saturated heterocycles. The average molecular weight is 307 g/mol. The molecular formula is C16H25N3OS. The van der Waals surface area contributed by atoms with Crippen molar-refractivity contribution in [2.45, 2.75) is 25.9 Å². The number of benzene rings is 1. The summed E-state index contributed by atoms with van der Waals surface area (Å²) in [5.41, 5.74) is 7.76. The summed E-state index contributed by atoms with van der Waals surface area (Å²) in [6.07, 6.45) is 1.21. The van der Waals surface area contributed by atoms with Crippen LogP contribution in [0.2, 0.25) is 0 Å². The molecular weight excluding hydrogens is 282 g/mol. The Bertz CT molecular complexity index is 506. The van der Waals surface area contributed by atoms with Gasteiger partial charge in [0.05, 0.1) is 12.7 Å². The quantitative estimate of drug-likeness (QED) is 0.860. The number of likely N-dealkylation sites (N-methyl/N-ethyl adjacent to an activating group) is 1. The first-order valence-corrected chi connectivity index (χ1v) is 7.81. The molecule has 0 saturated carbocycles. The van der Waals surface area contributed by atoms with Gasteiger partial charge in [-0.05, 0) is 44.6 Å². The van der Waals surface area contributed by atoms with Gasteiger partial charge < -0.3 is 15.4 Å². The molecule has 1 aliphatic heterocycles. The molecule has 1 aromatic rings. The molecule has 0 amide bonds. The zero-order chi connectivity index (χ0) is 15.4. The Hall–Kier alpha value is -1.17. The number of nitrogens with zero attached hydrogens (tertiary/aromatic N) is 2. The minimum Gasteiger partial charge on any atom is -0.496 e. The van der Waals surface area contributed by atoms with Crippen molar-refractivity contribution < 1.29 is 4.74 Å². The van der Waals surface area contributed by atoms with Gasteiger partial charge in [-0.1, -0.05) is 18.3 Å². The van der Waals surface area contributed by atoms with Crippen LogP contribution in [0, 0.1) is 0 Å². The van der Waals surface area contributed by atoms with Crippen molar-refractivity contribution in [3.8, 4) is 5.75 Å². The highest BCUT2D eigenvalue weighted by Crippen LogP contribution is 2.22. The molecule has 0 aromatic heterocycles. The molecule has 4 nitrogen and oxygen atoms in total. The van der Waals surface area contributed by atoms with E-state index in [1.54, 1.807) is 7.11 Å². The minimum absolute atomic E-state index is 0.378. The number of methoxy groups -OCH3 is 1. The molecule has 1 atom stereocenters. The number of rotatable bonds is 4.